The van der Waals surface area contributed by atoms with Crippen molar-refractivity contribution in [2.24, 2.45) is 0 Å². The predicted octanol–water partition coefficient (Wildman–Crippen LogP) is 4.53. The van der Waals surface area contributed by atoms with Crippen LogP contribution in [0.15, 0.2) is 12.7 Å². The Morgan fingerprint density at radius 2 is 1.32 bits per heavy atom. The minimum absolute atomic E-state index is 0. The lowest BCUT2D eigenvalue weighted by atomic mass is 10.2. The summed E-state index contributed by atoms with van der Waals surface area (Å²) in [4.78, 5) is 2.06. The summed E-state index contributed by atoms with van der Waals surface area (Å²) in [5.41, 5.74) is 0. The summed E-state index contributed by atoms with van der Waals surface area (Å²) < 4.78 is 0. The molecule has 4 heteroatoms. The van der Waals surface area contributed by atoms with Crippen LogP contribution in [0.2, 0.25) is 0 Å². The molecule has 0 atom stereocenters. The van der Waals surface area contributed by atoms with E-state index in [0.717, 1.165) is 6.54 Å². The van der Waals surface area contributed by atoms with Gasteiger partial charge in [-0.1, -0.05) is 45.6 Å². The van der Waals surface area contributed by atoms with Gasteiger partial charge in [0.1, 0.15) is 0 Å². The average molecular weight is 315 g/mol. The van der Waals surface area contributed by atoms with E-state index in [-0.39, 0.29) is 24.8 Å². The molecular weight excluding hydrogens is 279 g/mol. The molecule has 0 radical (unpaired) electrons. The zero-order valence-corrected chi connectivity index (χ0v) is 15.0. The molecule has 0 aliphatic rings. The van der Waals surface area contributed by atoms with Gasteiger partial charge in [0.25, 0.3) is 0 Å². The van der Waals surface area contributed by atoms with Gasteiger partial charge < -0.3 is 10.2 Å². The highest BCUT2D eigenvalue weighted by molar-refractivity contribution is 5.85. The van der Waals surface area contributed by atoms with E-state index in [1.165, 1.54) is 51.6 Å². The van der Waals surface area contributed by atoms with Crippen LogP contribution in [0.25, 0.3) is 0 Å². The van der Waals surface area contributed by atoms with Gasteiger partial charge in [0, 0.05) is 6.54 Å². The highest BCUT2D eigenvalue weighted by Gasteiger charge is 1.87. The summed E-state index contributed by atoms with van der Waals surface area (Å²) in [5.74, 6) is 0. The third-order valence-electron chi connectivity index (χ3n) is 2.41. The molecule has 0 amide bonds. The van der Waals surface area contributed by atoms with Gasteiger partial charge in [-0.05, 0) is 40.0 Å². The fourth-order valence-corrected chi connectivity index (χ4v) is 1.38. The number of likely N-dealkylation sites (N-methyl/N-ethyl adjacent to an activating group) is 1. The lowest BCUT2D eigenvalue weighted by molar-refractivity contribution is 0.457. The fourth-order valence-electron chi connectivity index (χ4n) is 1.38. The fraction of sp³-hybridized carbons (Fsp3) is 0.867. The van der Waals surface area contributed by atoms with E-state index in [4.69, 9.17) is 0 Å². The summed E-state index contributed by atoms with van der Waals surface area (Å²) in [5, 5.41) is 3.46. The van der Waals surface area contributed by atoms with Crippen molar-refractivity contribution in [3.8, 4) is 0 Å². The highest BCUT2D eigenvalue weighted by atomic mass is 35.5. The summed E-state index contributed by atoms with van der Waals surface area (Å²) >= 11 is 0. The van der Waals surface area contributed by atoms with Crippen LogP contribution >= 0.6 is 24.8 Å². The first-order valence-electron chi connectivity index (χ1n) is 7.15. The van der Waals surface area contributed by atoms with E-state index in [1.807, 2.05) is 20.2 Å². The molecule has 0 bridgehead atoms. The molecule has 0 aliphatic heterocycles. The first-order chi connectivity index (χ1) is 8.18. The second-order valence-corrected chi connectivity index (χ2v) is 4.72. The number of nitrogens with zero attached hydrogens (tertiary/aromatic N) is 1. The number of halogens is 2. The van der Waals surface area contributed by atoms with Crippen LogP contribution in [0.1, 0.15) is 52.4 Å². The predicted molar refractivity (Wildman–Crippen MR) is 95.2 cm³/mol. The molecular formula is C15H36Cl2N2. The monoisotopic (exact) mass is 314 g/mol. The van der Waals surface area contributed by atoms with Crippen LogP contribution in [-0.4, -0.2) is 38.6 Å². The SMILES string of the molecule is C=CCN(C)C.CCCCCNCCCCC.Cl.Cl. The van der Waals surface area contributed by atoms with Crippen molar-refractivity contribution in [1.29, 1.82) is 0 Å². The Morgan fingerprint density at radius 1 is 0.895 bits per heavy atom. The summed E-state index contributed by atoms with van der Waals surface area (Å²) in [6.45, 7) is 11.5. The van der Waals surface area contributed by atoms with Crippen LogP contribution in [0.5, 0.6) is 0 Å². The van der Waals surface area contributed by atoms with Gasteiger partial charge in [-0.15, -0.1) is 31.4 Å². The van der Waals surface area contributed by atoms with Gasteiger partial charge in [-0.3, -0.25) is 0 Å². The van der Waals surface area contributed by atoms with Crippen LogP contribution < -0.4 is 5.32 Å². The van der Waals surface area contributed by atoms with E-state index in [2.05, 4.69) is 30.6 Å². The van der Waals surface area contributed by atoms with Crippen molar-refractivity contribution >= 4 is 24.8 Å². The van der Waals surface area contributed by atoms with Gasteiger partial charge in [0.15, 0.2) is 0 Å². The lowest BCUT2D eigenvalue weighted by Gasteiger charge is -2.02. The molecule has 0 saturated carbocycles. The van der Waals surface area contributed by atoms with Crippen molar-refractivity contribution in [1.82, 2.24) is 10.2 Å². The van der Waals surface area contributed by atoms with E-state index in [0.29, 0.717) is 0 Å². The number of hydrogen-bond acceptors (Lipinski definition) is 2. The molecule has 0 heterocycles. The van der Waals surface area contributed by atoms with Gasteiger partial charge >= 0.3 is 0 Å². The smallest absolute Gasteiger partial charge is 0.0154 e. The standard InChI is InChI=1S/C10H23N.C5H11N.2ClH/c1-3-5-7-9-11-10-8-6-4-2;1-4-5-6(2)3;;/h11H,3-10H2,1-2H3;4H,1,5H2,2-3H3;2*1H. The molecule has 0 saturated heterocycles. The van der Waals surface area contributed by atoms with Gasteiger partial charge in [0.05, 0.1) is 0 Å². The molecule has 0 aromatic heterocycles. The zero-order chi connectivity index (χ0) is 13.4. The zero-order valence-electron chi connectivity index (χ0n) is 13.4. The van der Waals surface area contributed by atoms with Crippen molar-refractivity contribution in [2.75, 3.05) is 33.7 Å². The maximum Gasteiger partial charge on any atom is 0.0154 e. The highest BCUT2D eigenvalue weighted by Crippen LogP contribution is 1.93. The number of rotatable bonds is 10. The Morgan fingerprint density at radius 3 is 1.53 bits per heavy atom. The summed E-state index contributed by atoms with van der Waals surface area (Å²) in [6, 6.07) is 0. The first-order valence-corrected chi connectivity index (χ1v) is 7.15. The van der Waals surface area contributed by atoms with Crippen molar-refractivity contribution in [2.45, 2.75) is 52.4 Å². The topological polar surface area (TPSA) is 15.3 Å². The molecule has 2 nitrogen and oxygen atoms in total. The van der Waals surface area contributed by atoms with Crippen LogP contribution in [0.4, 0.5) is 0 Å². The van der Waals surface area contributed by atoms with Gasteiger partial charge in [-0.25, -0.2) is 0 Å². The minimum Gasteiger partial charge on any atom is -0.317 e. The van der Waals surface area contributed by atoms with E-state index in [1.54, 1.807) is 0 Å². The summed E-state index contributed by atoms with van der Waals surface area (Å²) in [7, 11) is 4.03. The normalized spacial score (nSPS) is 8.89. The molecule has 120 valence electrons. The van der Waals surface area contributed by atoms with Crippen LogP contribution in [0, 0.1) is 0 Å². The summed E-state index contributed by atoms with van der Waals surface area (Å²) in [6.07, 6.45) is 9.99. The first kappa shape index (κ1) is 27.6. The van der Waals surface area contributed by atoms with E-state index in [9.17, 15) is 0 Å². The maximum atomic E-state index is 3.56. The largest absolute Gasteiger partial charge is 0.317 e. The molecule has 0 aromatic rings. The Bertz CT molecular complexity index is 134. The lowest BCUT2D eigenvalue weighted by Crippen LogP contribution is -2.16. The van der Waals surface area contributed by atoms with Crippen molar-refractivity contribution in [3.63, 3.8) is 0 Å². The van der Waals surface area contributed by atoms with E-state index >= 15 is 0 Å². The molecule has 0 aromatic carbocycles. The van der Waals surface area contributed by atoms with E-state index < -0.39 is 0 Å². The second-order valence-electron chi connectivity index (χ2n) is 4.72. The Balaban J connectivity index is -0.000000123. The van der Waals surface area contributed by atoms with Crippen molar-refractivity contribution < 1.29 is 0 Å². The molecule has 0 aliphatic carbocycles. The third-order valence-corrected chi connectivity index (χ3v) is 2.41. The number of unbranched alkanes of at least 4 members (excludes halogenated alkanes) is 4. The minimum atomic E-state index is 0. The molecule has 0 spiro atoms. The number of hydrogen-bond donors (Lipinski definition) is 1. The quantitative estimate of drug-likeness (QED) is 0.470. The molecule has 19 heavy (non-hydrogen) atoms. The average Bonchev–Trinajstić information content (AvgIpc) is 2.29. The van der Waals surface area contributed by atoms with Crippen LogP contribution in [0.3, 0.4) is 0 Å². The van der Waals surface area contributed by atoms with Crippen LogP contribution in [-0.2, 0) is 0 Å². The number of nitrogens with one attached hydrogen (secondary N) is 1. The van der Waals surface area contributed by atoms with Crippen molar-refractivity contribution in [3.05, 3.63) is 12.7 Å². The Hall–Kier alpha value is 0.240. The Labute approximate surface area is 134 Å². The molecule has 0 fully saturated rings. The molecule has 0 rings (SSSR count). The maximum absolute atomic E-state index is 3.56. The van der Waals surface area contributed by atoms with Gasteiger partial charge in [0.2, 0.25) is 0 Å². The molecule has 1 N–H and O–H groups in total. The second kappa shape index (κ2) is 26.7. The third kappa shape index (κ3) is 38.1. The van der Waals surface area contributed by atoms with Gasteiger partial charge in [-0.2, -0.15) is 0 Å². The molecule has 0 unspecified atom stereocenters. The Kier molecular flexibility index (Phi) is 38.8.